The molecular weight excluding hydrogens is 510 g/mol. The van der Waals surface area contributed by atoms with Gasteiger partial charge in [-0.15, -0.1) is 0 Å². The molecule has 1 atom stereocenters. The first-order valence-corrected chi connectivity index (χ1v) is 12.9. The van der Waals surface area contributed by atoms with Crippen LogP contribution in [0.25, 0.3) is 0 Å². The molecule has 3 aliphatic heterocycles. The number of piperidine rings is 1. The monoisotopic (exact) mass is 539 g/mol. The highest BCUT2D eigenvalue weighted by Crippen LogP contribution is 2.28. The number of rotatable bonds is 4. The topological polar surface area (TPSA) is 172 Å². The van der Waals surface area contributed by atoms with E-state index in [1.54, 1.807) is 24.0 Å². The summed E-state index contributed by atoms with van der Waals surface area (Å²) in [6.07, 6.45) is 1.58. The van der Waals surface area contributed by atoms with Crippen LogP contribution in [0, 0.1) is 12.8 Å². The number of nitrogen functional groups attached to an aromatic ring is 2. The van der Waals surface area contributed by atoms with Gasteiger partial charge in [0.25, 0.3) is 0 Å². The van der Waals surface area contributed by atoms with Crippen LogP contribution >= 0.6 is 11.6 Å². The number of nitrogens with zero attached hydrogens (tertiary/aromatic N) is 5. The number of hydrogen-bond acceptors (Lipinski definition) is 7. The van der Waals surface area contributed by atoms with E-state index >= 15 is 0 Å². The van der Waals surface area contributed by atoms with E-state index in [1.807, 2.05) is 17.0 Å². The Hall–Kier alpha value is -3.93. The predicted molar refractivity (Wildman–Crippen MR) is 142 cm³/mol. The number of benzene rings is 1. The summed E-state index contributed by atoms with van der Waals surface area (Å²) in [6, 6.07) is 7.37. The summed E-state index contributed by atoms with van der Waals surface area (Å²) in [5, 5.41) is 7.11. The molecule has 3 amide bonds. The number of likely N-dealkylation sites (tertiary alicyclic amines) is 2. The number of nitrogens with one attached hydrogen (secondary N) is 2. The number of aryl methyl sites for hydroxylation is 1. The number of aromatic nitrogens is 2. The maximum Gasteiger partial charge on any atom is 0.302 e. The Labute approximate surface area is 224 Å². The number of carbonyl (C=O) groups excluding carboxylic acids is 3. The molecule has 3 fully saturated rings. The Morgan fingerprint density at radius 1 is 1.16 bits per heavy atom. The van der Waals surface area contributed by atoms with Crippen molar-refractivity contribution in [1.82, 2.24) is 30.4 Å². The van der Waals surface area contributed by atoms with Gasteiger partial charge in [-0.2, -0.15) is 4.99 Å². The number of carbonyl (C=O) groups is 3. The smallest absolute Gasteiger partial charge is 0.302 e. The number of halogens is 1. The Morgan fingerprint density at radius 2 is 1.87 bits per heavy atom. The summed E-state index contributed by atoms with van der Waals surface area (Å²) in [5.41, 5.74) is 12.5. The van der Waals surface area contributed by atoms with Gasteiger partial charge in [0, 0.05) is 44.2 Å². The molecule has 1 aromatic heterocycles. The summed E-state index contributed by atoms with van der Waals surface area (Å²) in [7, 11) is 0. The number of amides is 3. The van der Waals surface area contributed by atoms with E-state index in [-0.39, 0.29) is 47.0 Å². The Morgan fingerprint density at radius 3 is 2.58 bits per heavy atom. The molecule has 6 N–H and O–H groups in total. The molecule has 1 spiro atoms. The second-order valence-corrected chi connectivity index (χ2v) is 10.5. The van der Waals surface area contributed by atoms with Crippen LogP contribution in [0.4, 0.5) is 11.6 Å². The fourth-order valence-electron chi connectivity index (χ4n) is 5.13. The van der Waals surface area contributed by atoms with Crippen LogP contribution in [0.3, 0.4) is 0 Å². The van der Waals surface area contributed by atoms with E-state index in [2.05, 4.69) is 25.6 Å². The number of aliphatic imine (C=N–C) groups is 1. The molecule has 38 heavy (non-hydrogen) atoms. The molecule has 0 saturated carbocycles. The molecule has 0 radical (unpaired) electrons. The number of nitrogens with two attached hydrogens (primary N) is 2. The second kappa shape index (κ2) is 10.1. The average molecular weight is 540 g/mol. The van der Waals surface area contributed by atoms with Crippen LogP contribution in [-0.2, 0) is 16.1 Å². The van der Waals surface area contributed by atoms with Crippen molar-refractivity contribution in [3.63, 3.8) is 0 Å². The van der Waals surface area contributed by atoms with Gasteiger partial charge in [-0.3, -0.25) is 14.4 Å². The first kappa shape index (κ1) is 25.7. The Kier molecular flexibility index (Phi) is 6.82. The average Bonchev–Trinajstić information content (AvgIpc) is 3.45. The van der Waals surface area contributed by atoms with Crippen molar-refractivity contribution in [2.24, 2.45) is 10.9 Å². The maximum atomic E-state index is 13.2. The Balaban J connectivity index is 1.15. The van der Waals surface area contributed by atoms with Crippen LogP contribution in [-0.4, -0.2) is 75.2 Å². The summed E-state index contributed by atoms with van der Waals surface area (Å²) >= 11 is 5.95. The molecule has 5 rings (SSSR count). The van der Waals surface area contributed by atoms with E-state index in [0.29, 0.717) is 62.2 Å². The maximum absolute atomic E-state index is 13.2. The number of hydrogen-bond donors (Lipinski definition) is 4. The highest BCUT2D eigenvalue weighted by Gasteiger charge is 2.43. The third kappa shape index (κ3) is 5.21. The van der Waals surface area contributed by atoms with E-state index < -0.39 is 5.91 Å². The summed E-state index contributed by atoms with van der Waals surface area (Å²) in [6.45, 7) is 4.18. The van der Waals surface area contributed by atoms with Gasteiger partial charge in [-0.1, -0.05) is 23.7 Å². The minimum absolute atomic E-state index is 0.00889. The molecule has 0 bridgehead atoms. The molecule has 200 valence electrons. The minimum Gasteiger partial charge on any atom is -0.382 e. The molecule has 12 nitrogen and oxygen atoms in total. The van der Waals surface area contributed by atoms with Crippen molar-refractivity contribution in [3.05, 3.63) is 46.2 Å². The summed E-state index contributed by atoms with van der Waals surface area (Å²) < 4.78 is 0. The van der Waals surface area contributed by atoms with Crippen LogP contribution < -0.4 is 22.1 Å². The van der Waals surface area contributed by atoms with Crippen LogP contribution in [0.1, 0.15) is 41.0 Å². The van der Waals surface area contributed by atoms with Crippen LogP contribution in [0.15, 0.2) is 29.3 Å². The van der Waals surface area contributed by atoms with Crippen LogP contribution in [0.2, 0.25) is 5.02 Å². The molecule has 1 unspecified atom stereocenters. The highest BCUT2D eigenvalue weighted by molar-refractivity contribution is 6.30. The molecule has 13 heteroatoms. The quantitative estimate of drug-likeness (QED) is 0.436. The molecular formula is C25H30ClN9O3. The lowest BCUT2D eigenvalue weighted by Gasteiger charge is -2.39. The standard InChI is InChI=1S/C25H30ClN9O3/c1-14-20(27)31-21(28)19(30-14)22(37)32-24-29-13-25(33-24)6-8-34(9-7-25)23(38)16-10-18(36)35(12-16)11-15-2-4-17(26)5-3-15/h2-5,16H,6-13H2,1H3,(H4,27,28,31)(H2,29,32,33,37). The zero-order valence-electron chi connectivity index (χ0n) is 21.0. The lowest BCUT2D eigenvalue weighted by molar-refractivity contribution is -0.137. The zero-order chi connectivity index (χ0) is 27.0. The molecule has 4 heterocycles. The van der Waals surface area contributed by atoms with Crippen molar-refractivity contribution in [3.8, 4) is 0 Å². The molecule has 3 aliphatic rings. The van der Waals surface area contributed by atoms with Crippen molar-refractivity contribution in [1.29, 1.82) is 0 Å². The lowest BCUT2D eigenvalue weighted by atomic mass is 9.88. The van der Waals surface area contributed by atoms with E-state index in [4.69, 9.17) is 23.1 Å². The highest BCUT2D eigenvalue weighted by atomic mass is 35.5. The largest absolute Gasteiger partial charge is 0.382 e. The van der Waals surface area contributed by atoms with E-state index in [1.165, 1.54) is 0 Å². The summed E-state index contributed by atoms with van der Waals surface area (Å²) in [5.74, 6) is -0.533. The van der Waals surface area contributed by atoms with E-state index in [0.717, 1.165) is 5.56 Å². The van der Waals surface area contributed by atoms with Crippen molar-refractivity contribution in [2.75, 3.05) is 37.6 Å². The third-order valence-electron chi connectivity index (χ3n) is 7.41. The van der Waals surface area contributed by atoms with Gasteiger partial charge in [0.15, 0.2) is 17.5 Å². The SMILES string of the molecule is Cc1nc(C(=O)/N=C2\NCC3(CCN(C(=O)C4CC(=O)N(Cc5ccc(Cl)cc5)C4)CC3)N2)c(N)nc1N. The van der Waals surface area contributed by atoms with Gasteiger partial charge < -0.3 is 31.9 Å². The van der Waals surface area contributed by atoms with Gasteiger partial charge in [0.2, 0.25) is 11.8 Å². The fraction of sp³-hybridized carbons (Fsp3) is 0.440. The number of anilines is 2. The van der Waals surface area contributed by atoms with Gasteiger partial charge >= 0.3 is 5.91 Å². The van der Waals surface area contributed by atoms with Crippen molar-refractivity contribution < 1.29 is 14.4 Å². The van der Waals surface area contributed by atoms with Gasteiger partial charge in [0.1, 0.15) is 5.82 Å². The minimum atomic E-state index is -0.619. The van der Waals surface area contributed by atoms with Gasteiger partial charge in [-0.25, -0.2) is 9.97 Å². The van der Waals surface area contributed by atoms with Crippen molar-refractivity contribution >= 4 is 46.9 Å². The molecule has 0 aliphatic carbocycles. The Bertz CT molecular complexity index is 1310. The first-order chi connectivity index (χ1) is 18.1. The lowest BCUT2D eigenvalue weighted by Crippen LogP contribution is -2.54. The fourth-order valence-corrected chi connectivity index (χ4v) is 5.26. The van der Waals surface area contributed by atoms with Gasteiger partial charge in [0.05, 0.1) is 17.2 Å². The number of guanidine groups is 1. The third-order valence-corrected chi connectivity index (χ3v) is 7.66. The van der Waals surface area contributed by atoms with Gasteiger partial charge in [-0.05, 0) is 37.5 Å². The summed E-state index contributed by atoms with van der Waals surface area (Å²) in [4.78, 5) is 54.2. The van der Waals surface area contributed by atoms with Crippen LogP contribution in [0.5, 0.6) is 0 Å². The molecule has 2 aromatic rings. The zero-order valence-corrected chi connectivity index (χ0v) is 21.8. The van der Waals surface area contributed by atoms with E-state index in [9.17, 15) is 14.4 Å². The van der Waals surface area contributed by atoms with Crippen molar-refractivity contribution in [2.45, 2.75) is 38.3 Å². The predicted octanol–water partition coefficient (Wildman–Crippen LogP) is 0.702. The first-order valence-electron chi connectivity index (χ1n) is 12.5. The molecule has 3 saturated heterocycles. The molecule has 1 aromatic carbocycles. The normalized spacial score (nSPS) is 21.6. The second-order valence-electron chi connectivity index (χ2n) is 10.1.